The molecule has 0 saturated heterocycles. The standard InChI is InChI=1S/C22H23NO3S/c1-19-12-14-22(15-13-19)27(24,25)26-17-16-23(21-10-6-3-7-11-21)18-20-8-4-2-5-9-20/h2-15H,16-18H2,1H3. The number of hydrogen-bond donors (Lipinski definition) is 0. The summed E-state index contributed by atoms with van der Waals surface area (Å²) in [7, 11) is -3.75. The van der Waals surface area contributed by atoms with E-state index in [0.717, 1.165) is 16.8 Å². The summed E-state index contributed by atoms with van der Waals surface area (Å²) in [5.74, 6) is 0. The van der Waals surface area contributed by atoms with Gasteiger partial charge in [-0.1, -0.05) is 66.2 Å². The third-order valence-electron chi connectivity index (χ3n) is 4.25. The van der Waals surface area contributed by atoms with Gasteiger partial charge in [0.1, 0.15) is 0 Å². The molecular formula is C22H23NO3S. The molecule has 0 amide bonds. The molecule has 0 aliphatic rings. The monoisotopic (exact) mass is 381 g/mol. The van der Waals surface area contributed by atoms with Crippen molar-refractivity contribution < 1.29 is 12.6 Å². The second-order valence-electron chi connectivity index (χ2n) is 6.33. The van der Waals surface area contributed by atoms with Crippen LogP contribution in [0, 0.1) is 6.92 Å². The van der Waals surface area contributed by atoms with Crippen LogP contribution in [-0.2, 0) is 20.8 Å². The largest absolute Gasteiger partial charge is 0.365 e. The summed E-state index contributed by atoms with van der Waals surface area (Å²) < 4.78 is 30.0. The second kappa shape index (κ2) is 8.84. The average molecular weight is 381 g/mol. The van der Waals surface area contributed by atoms with Crippen molar-refractivity contribution in [1.29, 1.82) is 0 Å². The lowest BCUT2D eigenvalue weighted by atomic mass is 10.2. The predicted octanol–water partition coefficient (Wildman–Crippen LogP) is 4.41. The average Bonchev–Trinajstić information content (AvgIpc) is 2.69. The van der Waals surface area contributed by atoms with Crippen LogP contribution in [-0.4, -0.2) is 21.6 Å². The number of para-hydroxylation sites is 1. The Morgan fingerprint density at radius 3 is 2.04 bits per heavy atom. The summed E-state index contributed by atoms with van der Waals surface area (Å²) in [5, 5.41) is 0. The Morgan fingerprint density at radius 2 is 1.41 bits per heavy atom. The molecular weight excluding hydrogens is 358 g/mol. The van der Waals surface area contributed by atoms with E-state index in [1.165, 1.54) is 0 Å². The summed E-state index contributed by atoms with van der Waals surface area (Å²) in [4.78, 5) is 2.29. The molecule has 0 heterocycles. The molecule has 0 aromatic heterocycles. The van der Waals surface area contributed by atoms with Crippen LogP contribution in [0.25, 0.3) is 0 Å². The maximum absolute atomic E-state index is 12.4. The van der Waals surface area contributed by atoms with Crippen LogP contribution in [0.15, 0.2) is 89.8 Å². The molecule has 140 valence electrons. The second-order valence-corrected chi connectivity index (χ2v) is 7.95. The summed E-state index contributed by atoms with van der Waals surface area (Å²) in [6.07, 6.45) is 0. The quantitative estimate of drug-likeness (QED) is 0.542. The summed E-state index contributed by atoms with van der Waals surface area (Å²) >= 11 is 0. The molecule has 0 saturated carbocycles. The predicted molar refractivity (Wildman–Crippen MR) is 108 cm³/mol. The Hall–Kier alpha value is -2.63. The zero-order valence-corrected chi connectivity index (χ0v) is 16.1. The van der Waals surface area contributed by atoms with Gasteiger partial charge in [-0.3, -0.25) is 4.18 Å². The van der Waals surface area contributed by atoms with Gasteiger partial charge in [-0.25, -0.2) is 0 Å². The van der Waals surface area contributed by atoms with Gasteiger partial charge in [0.05, 0.1) is 11.5 Å². The molecule has 5 heteroatoms. The number of benzene rings is 3. The van der Waals surface area contributed by atoms with Gasteiger partial charge in [-0.05, 0) is 36.8 Å². The molecule has 3 rings (SSSR count). The highest BCUT2D eigenvalue weighted by Gasteiger charge is 2.16. The zero-order chi connectivity index (χ0) is 19.1. The SMILES string of the molecule is Cc1ccc(S(=O)(=O)OCCN(Cc2ccccc2)c2ccccc2)cc1. The summed E-state index contributed by atoms with van der Waals surface area (Å²) in [5.41, 5.74) is 3.19. The van der Waals surface area contributed by atoms with Crippen molar-refractivity contribution in [3.05, 3.63) is 96.1 Å². The minimum atomic E-state index is -3.75. The number of hydrogen-bond acceptors (Lipinski definition) is 4. The van der Waals surface area contributed by atoms with Gasteiger partial charge in [0.2, 0.25) is 0 Å². The molecule has 0 radical (unpaired) electrons. The number of rotatable bonds is 8. The van der Waals surface area contributed by atoms with Gasteiger partial charge in [-0.2, -0.15) is 8.42 Å². The van der Waals surface area contributed by atoms with Crippen molar-refractivity contribution in [2.24, 2.45) is 0 Å². The highest BCUT2D eigenvalue weighted by atomic mass is 32.2. The third kappa shape index (κ3) is 5.42. The van der Waals surface area contributed by atoms with Gasteiger partial charge in [-0.15, -0.1) is 0 Å². The van der Waals surface area contributed by atoms with Crippen LogP contribution in [0.2, 0.25) is 0 Å². The molecule has 0 spiro atoms. The smallest absolute Gasteiger partial charge is 0.297 e. The summed E-state index contributed by atoms with van der Waals surface area (Å²) in [6.45, 7) is 3.14. The normalized spacial score (nSPS) is 11.3. The maximum Gasteiger partial charge on any atom is 0.297 e. The molecule has 0 fully saturated rings. The molecule has 3 aromatic rings. The van der Waals surface area contributed by atoms with E-state index in [9.17, 15) is 8.42 Å². The molecule has 4 nitrogen and oxygen atoms in total. The molecule has 27 heavy (non-hydrogen) atoms. The van der Waals surface area contributed by atoms with E-state index in [4.69, 9.17) is 4.18 Å². The van der Waals surface area contributed by atoms with Crippen LogP contribution in [0.4, 0.5) is 5.69 Å². The topological polar surface area (TPSA) is 46.6 Å². The Balaban J connectivity index is 1.68. The van der Waals surface area contributed by atoms with E-state index < -0.39 is 10.1 Å². The molecule has 3 aromatic carbocycles. The number of nitrogens with zero attached hydrogens (tertiary/aromatic N) is 1. The van der Waals surface area contributed by atoms with Crippen molar-refractivity contribution >= 4 is 15.8 Å². The number of anilines is 1. The Labute approximate surface area is 161 Å². The highest BCUT2D eigenvalue weighted by Crippen LogP contribution is 2.18. The lowest BCUT2D eigenvalue weighted by molar-refractivity contribution is 0.323. The first-order valence-corrected chi connectivity index (χ1v) is 10.3. The molecule has 0 unspecified atom stereocenters. The van der Waals surface area contributed by atoms with E-state index >= 15 is 0 Å². The lowest BCUT2D eigenvalue weighted by Gasteiger charge is -2.25. The first-order chi connectivity index (χ1) is 13.0. The van der Waals surface area contributed by atoms with Gasteiger partial charge >= 0.3 is 0 Å². The minimum Gasteiger partial charge on any atom is -0.365 e. The van der Waals surface area contributed by atoms with Crippen molar-refractivity contribution in [1.82, 2.24) is 0 Å². The Kier molecular flexibility index (Phi) is 6.27. The molecule has 0 aliphatic carbocycles. The van der Waals surface area contributed by atoms with E-state index in [1.807, 2.05) is 55.5 Å². The van der Waals surface area contributed by atoms with Crippen LogP contribution >= 0.6 is 0 Å². The first-order valence-electron chi connectivity index (χ1n) is 8.85. The van der Waals surface area contributed by atoms with Gasteiger partial charge < -0.3 is 4.90 Å². The van der Waals surface area contributed by atoms with E-state index in [0.29, 0.717) is 13.1 Å². The fraction of sp³-hybridized carbons (Fsp3) is 0.182. The van der Waals surface area contributed by atoms with E-state index in [1.54, 1.807) is 24.3 Å². The fourth-order valence-corrected chi connectivity index (χ4v) is 3.67. The van der Waals surface area contributed by atoms with Crippen LogP contribution in [0.3, 0.4) is 0 Å². The van der Waals surface area contributed by atoms with Gasteiger partial charge in [0.25, 0.3) is 10.1 Å². The first kappa shape index (κ1) is 19.1. The van der Waals surface area contributed by atoms with E-state index in [-0.39, 0.29) is 11.5 Å². The summed E-state index contributed by atoms with van der Waals surface area (Å²) in [6, 6.07) is 26.7. The third-order valence-corrected chi connectivity index (χ3v) is 5.57. The van der Waals surface area contributed by atoms with Crippen molar-refractivity contribution in [3.8, 4) is 0 Å². The van der Waals surface area contributed by atoms with E-state index in [2.05, 4.69) is 17.0 Å². The Bertz CT molecular complexity index is 940. The fourth-order valence-electron chi connectivity index (χ4n) is 2.77. The van der Waals surface area contributed by atoms with Crippen molar-refractivity contribution in [2.45, 2.75) is 18.4 Å². The van der Waals surface area contributed by atoms with Crippen molar-refractivity contribution in [2.75, 3.05) is 18.1 Å². The minimum absolute atomic E-state index is 0.0813. The molecule has 0 atom stereocenters. The highest BCUT2D eigenvalue weighted by molar-refractivity contribution is 7.86. The van der Waals surface area contributed by atoms with Crippen LogP contribution in [0.1, 0.15) is 11.1 Å². The molecule has 0 N–H and O–H groups in total. The maximum atomic E-state index is 12.4. The Morgan fingerprint density at radius 1 is 0.815 bits per heavy atom. The zero-order valence-electron chi connectivity index (χ0n) is 15.3. The molecule has 0 aliphatic heterocycles. The lowest BCUT2D eigenvalue weighted by Crippen LogP contribution is -2.28. The van der Waals surface area contributed by atoms with Gasteiger partial charge in [0.15, 0.2) is 0 Å². The van der Waals surface area contributed by atoms with Crippen molar-refractivity contribution in [3.63, 3.8) is 0 Å². The van der Waals surface area contributed by atoms with Gasteiger partial charge in [0, 0.05) is 18.8 Å². The van der Waals surface area contributed by atoms with Crippen LogP contribution in [0.5, 0.6) is 0 Å². The number of aryl methyl sites for hydroxylation is 1. The van der Waals surface area contributed by atoms with Crippen LogP contribution < -0.4 is 4.90 Å². The molecule has 0 bridgehead atoms.